The Morgan fingerprint density at radius 1 is 1.16 bits per heavy atom. The van der Waals surface area contributed by atoms with E-state index in [-0.39, 0.29) is 11.5 Å². The molecule has 31 heavy (non-hydrogen) atoms. The van der Waals surface area contributed by atoms with Crippen LogP contribution in [-0.4, -0.2) is 59.4 Å². The molecule has 2 heterocycles. The summed E-state index contributed by atoms with van der Waals surface area (Å²) in [5.74, 6) is 1.95. The number of ether oxygens (including phenoxy) is 1. The molecule has 0 saturated carbocycles. The van der Waals surface area contributed by atoms with Gasteiger partial charge in [0.2, 0.25) is 5.91 Å². The molecule has 0 spiro atoms. The lowest BCUT2D eigenvalue weighted by molar-refractivity contribution is -0.131. The van der Waals surface area contributed by atoms with Crippen molar-refractivity contribution in [2.75, 3.05) is 43.9 Å². The smallest absolute Gasteiger partial charge is 0.254 e. The molecule has 1 fully saturated rings. The lowest BCUT2D eigenvalue weighted by Crippen LogP contribution is -2.48. The van der Waals surface area contributed by atoms with Crippen LogP contribution in [0.1, 0.15) is 31.9 Å². The average molecular weight is 445 g/mol. The van der Waals surface area contributed by atoms with Crippen molar-refractivity contribution >= 4 is 23.4 Å². The summed E-state index contributed by atoms with van der Waals surface area (Å²) in [7, 11) is 3.44. The summed E-state index contributed by atoms with van der Waals surface area (Å²) in [5, 5.41) is 0.753. The molecule has 0 radical (unpaired) electrons. The minimum atomic E-state index is -0.0169. The molecule has 1 aromatic carbocycles. The standard InChI is InChI=1S/C23H32N4O3S/c1-4-18-17-22(29)25(2)23(24-18)31-16-8-7-11-21(28)27-14-12-26(13-15-27)19-9-5-6-10-20(19)30-3/h5-6,9-10,17H,4,7-8,11-16H2,1-3H3. The molecule has 1 aliphatic heterocycles. The van der Waals surface area contributed by atoms with Gasteiger partial charge in [-0.3, -0.25) is 14.2 Å². The first-order chi connectivity index (χ1) is 15.0. The van der Waals surface area contributed by atoms with Gasteiger partial charge in [-0.25, -0.2) is 4.98 Å². The van der Waals surface area contributed by atoms with Crippen molar-refractivity contribution < 1.29 is 9.53 Å². The molecule has 168 valence electrons. The second-order valence-electron chi connectivity index (χ2n) is 7.63. The van der Waals surface area contributed by atoms with Gasteiger partial charge >= 0.3 is 0 Å². The molecular weight excluding hydrogens is 412 g/mol. The monoisotopic (exact) mass is 444 g/mol. The molecule has 8 heteroatoms. The second kappa shape index (κ2) is 11.2. The third-order valence-corrected chi connectivity index (χ3v) is 6.70. The van der Waals surface area contributed by atoms with E-state index in [2.05, 4.69) is 16.0 Å². The maximum Gasteiger partial charge on any atom is 0.254 e. The highest BCUT2D eigenvalue weighted by Gasteiger charge is 2.22. The Bertz CT molecular complexity index is 939. The van der Waals surface area contributed by atoms with Crippen LogP contribution in [0.25, 0.3) is 0 Å². The van der Waals surface area contributed by atoms with E-state index in [4.69, 9.17) is 4.74 Å². The Balaban J connectivity index is 1.39. The highest BCUT2D eigenvalue weighted by Crippen LogP contribution is 2.28. The maximum atomic E-state index is 12.6. The van der Waals surface area contributed by atoms with Gasteiger partial charge < -0.3 is 14.5 Å². The molecule has 0 N–H and O–H groups in total. The number of benzene rings is 1. The molecule has 0 atom stereocenters. The molecule has 1 saturated heterocycles. The topological polar surface area (TPSA) is 67.7 Å². The van der Waals surface area contributed by atoms with Crippen molar-refractivity contribution in [1.82, 2.24) is 14.5 Å². The molecule has 1 aliphatic rings. The van der Waals surface area contributed by atoms with Gasteiger partial charge in [-0.05, 0) is 31.4 Å². The van der Waals surface area contributed by atoms with Crippen LogP contribution >= 0.6 is 11.8 Å². The fraction of sp³-hybridized carbons (Fsp3) is 0.522. The van der Waals surface area contributed by atoms with Crippen LogP contribution in [0.4, 0.5) is 5.69 Å². The molecule has 1 amide bonds. The minimum Gasteiger partial charge on any atom is -0.495 e. The predicted molar refractivity (Wildman–Crippen MR) is 125 cm³/mol. The number of para-hydroxylation sites is 2. The number of methoxy groups -OCH3 is 1. The van der Waals surface area contributed by atoms with Crippen molar-refractivity contribution in [2.45, 2.75) is 37.8 Å². The number of unbranched alkanes of at least 4 members (excludes halogenated alkanes) is 1. The van der Waals surface area contributed by atoms with Crippen molar-refractivity contribution in [3.05, 3.63) is 46.4 Å². The number of hydrogen-bond donors (Lipinski definition) is 0. The van der Waals surface area contributed by atoms with Gasteiger partial charge in [-0.2, -0.15) is 0 Å². The zero-order valence-corrected chi connectivity index (χ0v) is 19.5. The van der Waals surface area contributed by atoms with Gasteiger partial charge in [-0.1, -0.05) is 30.8 Å². The summed E-state index contributed by atoms with van der Waals surface area (Å²) in [5.41, 5.74) is 1.90. The number of aryl methyl sites for hydroxylation is 1. The van der Waals surface area contributed by atoms with E-state index in [1.54, 1.807) is 36.6 Å². The normalized spacial score (nSPS) is 14.0. The van der Waals surface area contributed by atoms with Crippen LogP contribution in [0, 0.1) is 0 Å². The number of thioether (sulfide) groups is 1. The summed E-state index contributed by atoms with van der Waals surface area (Å²) in [6.45, 7) is 5.10. The summed E-state index contributed by atoms with van der Waals surface area (Å²) in [4.78, 5) is 33.4. The Kier molecular flexibility index (Phi) is 8.40. The molecule has 0 aliphatic carbocycles. The molecule has 2 aromatic rings. The highest BCUT2D eigenvalue weighted by atomic mass is 32.2. The van der Waals surface area contributed by atoms with Crippen LogP contribution in [0.2, 0.25) is 0 Å². The number of carbonyl (C=O) groups is 1. The van der Waals surface area contributed by atoms with Gasteiger partial charge in [0.25, 0.3) is 5.56 Å². The van der Waals surface area contributed by atoms with Crippen molar-refractivity contribution in [3.8, 4) is 5.75 Å². The molecule has 3 rings (SSSR count). The Labute approximate surface area is 188 Å². The van der Waals surface area contributed by atoms with Gasteiger partial charge in [0, 0.05) is 57.2 Å². The van der Waals surface area contributed by atoms with E-state index in [1.807, 2.05) is 30.0 Å². The predicted octanol–water partition coefficient (Wildman–Crippen LogP) is 2.96. The summed E-state index contributed by atoms with van der Waals surface area (Å²) < 4.78 is 7.05. The second-order valence-corrected chi connectivity index (χ2v) is 8.69. The molecule has 0 unspecified atom stereocenters. The average Bonchev–Trinajstić information content (AvgIpc) is 2.81. The Morgan fingerprint density at radius 2 is 1.90 bits per heavy atom. The highest BCUT2D eigenvalue weighted by molar-refractivity contribution is 7.99. The van der Waals surface area contributed by atoms with E-state index in [0.717, 1.165) is 73.5 Å². The number of anilines is 1. The number of carbonyl (C=O) groups excluding carboxylic acids is 1. The van der Waals surface area contributed by atoms with Crippen LogP contribution in [0.3, 0.4) is 0 Å². The zero-order chi connectivity index (χ0) is 22.2. The molecule has 1 aromatic heterocycles. The van der Waals surface area contributed by atoms with Crippen molar-refractivity contribution in [1.29, 1.82) is 0 Å². The SMILES string of the molecule is CCc1cc(=O)n(C)c(SCCCCC(=O)N2CCN(c3ccccc3OC)CC2)n1. The summed E-state index contributed by atoms with van der Waals surface area (Å²) in [6.07, 6.45) is 3.09. The largest absolute Gasteiger partial charge is 0.495 e. The van der Waals surface area contributed by atoms with Crippen LogP contribution in [0.15, 0.2) is 40.3 Å². The quantitative estimate of drug-likeness (QED) is 0.337. The maximum absolute atomic E-state index is 12.6. The lowest BCUT2D eigenvalue weighted by atomic mass is 10.2. The van der Waals surface area contributed by atoms with Gasteiger partial charge in [0.1, 0.15) is 5.75 Å². The Hall–Kier alpha value is -2.48. The van der Waals surface area contributed by atoms with E-state index in [1.165, 1.54) is 0 Å². The molecule has 0 bridgehead atoms. The fourth-order valence-corrected chi connectivity index (χ4v) is 4.66. The van der Waals surface area contributed by atoms with E-state index < -0.39 is 0 Å². The lowest BCUT2D eigenvalue weighted by Gasteiger charge is -2.36. The third kappa shape index (κ3) is 6.03. The number of rotatable bonds is 9. The van der Waals surface area contributed by atoms with Gasteiger partial charge in [-0.15, -0.1) is 0 Å². The number of amides is 1. The first kappa shape index (κ1) is 23.2. The van der Waals surface area contributed by atoms with Crippen molar-refractivity contribution in [3.63, 3.8) is 0 Å². The van der Waals surface area contributed by atoms with Gasteiger partial charge in [0.05, 0.1) is 12.8 Å². The van der Waals surface area contributed by atoms with E-state index in [9.17, 15) is 9.59 Å². The third-order valence-electron chi connectivity index (χ3n) is 5.58. The molecule has 7 nitrogen and oxygen atoms in total. The number of nitrogens with zero attached hydrogens (tertiary/aromatic N) is 4. The summed E-state index contributed by atoms with van der Waals surface area (Å²) in [6, 6.07) is 9.61. The van der Waals surface area contributed by atoms with Crippen LogP contribution in [0.5, 0.6) is 5.75 Å². The summed E-state index contributed by atoms with van der Waals surface area (Å²) >= 11 is 1.59. The number of piperazine rings is 1. The first-order valence-electron chi connectivity index (χ1n) is 10.9. The minimum absolute atomic E-state index is 0.0169. The van der Waals surface area contributed by atoms with Gasteiger partial charge in [0.15, 0.2) is 5.16 Å². The van der Waals surface area contributed by atoms with Crippen molar-refractivity contribution in [2.24, 2.45) is 7.05 Å². The van der Waals surface area contributed by atoms with E-state index in [0.29, 0.717) is 6.42 Å². The first-order valence-corrected chi connectivity index (χ1v) is 11.9. The Morgan fingerprint density at radius 3 is 2.61 bits per heavy atom. The molecular formula is C23H32N4O3S. The number of hydrogen-bond acceptors (Lipinski definition) is 6. The zero-order valence-electron chi connectivity index (χ0n) is 18.7. The van der Waals surface area contributed by atoms with Crippen LogP contribution in [-0.2, 0) is 18.3 Å². The van der Waals surface area contributed by atoms with Crippen LogP contribution < -0.4 is 15.2 Å². The fourth-order valence-electron chi connectivity index (χ4n) is 3.66. The van der Waals surface area contributed by atoms with E-state index >= 15 is 0 Å². The number of aromatic nitrogens is 2.